The van der Waals surface area contributed by atoms with Gasteiger partial charge in [0.2, 0.25) is 0 Å². The van der Waals surface area contributed by atoms with Crippen LogP contribution in [0.2, 0.25) is 0 Å². The first kappa shape index (κ1) is 16.7. The van der Waals surface area contributed by atoms with Crippen LogP contribution < -0.4 is 5.32 Å². The summed E-state index contributed by atoms with van der Waals surface area (Å²) in [5, 5.41) is 16.0. The third-order valence-corrected chi connectivity index (χ3v) is 5.55. The minimum Gasteiger partial charge on any atom is -0.357 e. The second kappa shape index (κ2) is 6.62. The predicted molar refractivity (Wildman–Crippen MR) is 109 cm³/mol. The fourth-order valence-corrected chi connectivity index (χ4v) is 4.19. The maximum absolute atomic E-state index is 11.0. The summed E-state index contributed by atoms with van der Waals surface area (Å²) in [6.07, 6.45) is 0.896. The van der Waals surface area contributed by atoms with Crippen molar-refractivity contribution in [3.8, 4) is 0 Å². The summed E-state index contributed by atoms with van der Waals surface area (Å²) in [6, 6.07) is 25.7. The van der Waals surface area contributed by atoms with E-state index in [1.54, 1.807) is 12.1 Å². The van der Waals surface area contributed by atoms with Crippen molar-refractivity contribution in [1.29, 1.82) is 0 Å². The number of non-ortho nitro benzene ring substituents is 1. The van der Waals surface area contributed by atoms with Crippen molar-refractivity contribution in [2.45, 2.75) is 18.5 Å². The van der Waals surface area contributed by atoms with E-state index in [4.69, 9.17) is 0 Å². The molecule has 3 aromatic carbocycles. The molecule has 0 unspecified atom stereocenters. The van der Waals surface area contributed by atoms with Crippen LogP contribution in [-0.4, -0.2) is 9.91 Å². The molecule has 0 amide bonds. The molecule has 5 heteroatoms. The summed E-state index contributed by atoms with van der Waals surface area (Å²) in [5.41, 5.74) is 5.93. The lowest BCUT2D eigenvalue weighted by Crippen LogP contribution is -2.34. The SMILES string of the molecule is O=[N+]([O-])c1ccc([C@@H]2N[C@H](c3ccccc3)Cc3c2[nH]c2ccccc32)cc1. The number of aromatic amines is 1. The quantitative estimate of drug-likeness (QED) is 0.392. The van der Waals surface area contributed by atoms with E-state index in [0.29, 0.717) is 0 Å². The zero-order chi connectivity index (χ0) is 19.1. The number of H-pyrrole nitrogens is 1. The van der Waals surface area contributed by atoms with Crippen molar-refractivity contribution < 1.29 is 4.92 Å². The molecule has 138 valence electrons. The normalized spacial score (nSPS) is 18.7. The molecule has 4 aromatic rings. The lowest BCUT2D eigenvalue weighted by molar-refractivity contribution is -0.384. The maximum atomic E-state index is 11.0. The van der Waals surface area contributed by atoms with Gasteiger partial charge in [-0.3, -0.25) is 15.4 Å². The number of hydrogen-bond acceptors (Lipinski definition) is 3. The fraction of sp³-hybridized carbons (Fsp3) is 0.130. The van der Waals surface area contributed by atoms with Gasteiger partial charge in [-0.15, -0.1) is 0 Å². The second-order valence-electron chi connectivity index (χ2n) is 7.18. The molecular formula is C23H19N3O2. The number of nitrogens with one attached hydrogen (secondary N) is 2. The van der Waals surface area contributed by atoms with Crippen molar-refractivity contribution in [3.05, 3.63) is 111 Å². The lowest BCUT2D eigenvalue weighted by Gasteiger charge is -2.32. The molecule has 0 fully saturated rings. The zero-order valence-corrected chi connectivity index (χ0v) is 15.1. The summed E-state index contributed by atoms with van der Waals surface area (Å²) in [6.45, 7) is 0. The van der Waals surface area contributed by atoms with Crippen LogP contribution >= 0.6 is 0 Å². The number of nitro groups is 1. The van der Waals surface area contributed by atoms with Crippen LogP contribution in [0.3, 0.4) is 0 Å². The van der Waals surface area contributed by atoms with Crippen LogP contribution in [0.15, 0.2) is 78.9 Å². The highest BCUT2D eigenvalue weighted by atomic mass is 16.6. The Kier molecular flexibility index (Phi) is 3.95. The van der Waals surface area contributed by atoms with Gasteiger partial charge in [0.05, 0.1) is 11.0 Å². The van der Waals surface area contributed by atoms with Gasteiger partial charge in [-0.05, 0) is 29.2 Å². The number of hydrogen-bond donors (Lipinski definition) is 2. The molecule has 0 aliphatic carbocycles. The van der Waals surface area contributed by atoms with E-state index in [1.807, 2.05) is 24.3 Å². The average Bonchev–Trinajstić information content (AvgIpc) is 3.12. The van der Waals surface area contributed by atoms with E-state index in [9.17, 15) is 10.1 Å². The number of nitrogens with zero attached hydrogens (tertiary/aromatic N) is 1. The largest absolute Gasteiger partial charge is 0.357 e. The highest BCUT2D eigenvalue weighted by molar-refractivity contribution is 5.85. The topological polar surface area (TPSA) is 71.0 Å². The molecule has 0 saturated carbocycles. The maximum Gasteiger partial charge on any atom is 0.269 e. The van der Waals surface area contributed by atoms with E-state index in [1.165, 1.54) is 16.5 Å². The molecule has 5 nitrogen and oxygen atoms in total. The average molecular weight is 369 g/mol. The molecule has 0 spiro atoms. The van der Waals surface area contributed by atoms with Gasteiger partial charge in [-0.25, -0.2) is 0 Å². The van der Waals surface area contributed by atoms with E-state index < -0.39 is 0 Å². The first-order chi connectivity index (χ1) is 13.7. The predicted octanol–water partition coefficient (Wildman–Crippen LogP) is 5.05. The van der Waals surface area contributed by atoms with Gasteiger partial charge in [0.15, 0.2) is 0 Å². The van der Waals surface area contributed by atoms with Crippen molar-refractivity contribution in [3.63, 3.8) is 0 Å². The van der Waals surface area contributed by atoms with Gasteiger partial charge in [0, 0.05) is 34.8 Å². The number of para-hydroxylation sites is 1. The highest BCUT2D eigenvalue weighted by Crippen LogP contribution is 2.39. The van der Waals surface area contributed by atoms with Crippen molar-refractivity contribution in [2.75, 3.05) is 0 Å². The first-order valence-electron chi connectivity index (χ1n) is 9.35. The minimum absolute atomic E-state index is 0.0536. The van der Waals surface area contributed by atoms with Gasteiger partial charge >= 0.3 is 0 Å². The Labute approximate surface area is 162 Å². The first-order valence-corrected chi connectivity index (χ1v) is 9.35. The Hall–Kier alpha value is -3.44. The Balaban J connectivity index is 1.64. The second-order valence-corrected chi connectivity index (χ2v) is 7.18. The molecule has 1 aromatic heterocycles. The van der Waals surface area contributed by atoms with Crippen molar-refractivity contribution in [1.82, 2.24) is 10.3 Å². The van der Waals surface area contributed by atoms with Gasteiger partial charge in [-0.2, -0.15) is 0 Å². The summed E-state index contributed by atoms with van der Waals surface area (Å²) in [7, 11) is 0. The highest BCUT2D eigenvalue weighted by Gasteiger charge is 2.31. The van der Waals surface area contributed by atoms with Crippen LogP contribution in [0.1, 0.15) is 34.5 Å². The zero-order valence-electron chi connectivity index (χ0n) is 15.1. The van der Waals surface area contributed by atoms with Gasteiger partial charge < -0.3 is 4.98 Å². The number of aromatic nitrogens is 1. The molecule has 2 atom stereocenters. The van der Waals surface area contributed by atoms with E-state index in [-0.39, 0.29) is 22.7 Å². The van der Waals surface area contributed by atoms with E-state index in [0.717, 1.165) is 23.2 Å². The molecule has 0 radical (unpaired) electrons. The van der Waals surface area contributed by atoms with Crippen LogP contribution in [0.5, 0.6) is 0 Å². The van der Waals surface area contributed by atoms with Crippen LogP contribution in [-0.2, 0) is 6.42 Å². The number of fused-ring (bicyclic) bond motifs is 3. The molecule has 28 heavy (non-hydrogen) atoms. The molecule has 1 aliphatic rings. The number of rotatable bonds is 3. The summed E-state index contributed by atoms with van der Waals surface area (Å²) in [4.78, 5) is 14.2. The minimum atomic E-state index is -0.362. The van der Waals surface area contributed by atoms with Gasteiger partial charge in [-0.1, -0.05) is 60.7 Å². The molecule has 0 saturated heterocycles. The molecule has 2 heterocycles. The molecule has 1 aliphatic heterocycles. The van der Waals surface area contributed by atoms with Crippen molar-refractivity contribution in [2.24, 2.45) is 0 Å². The third-order valence-electron chi connectivity index (χ3n) is 5.55. The molecule has 5 rings (SSSR count). The van der Waals surface area contributed by atoms with Crippen molar-refractivity contribution >= 4 is 16.6 Å². The third kappa shape index (κ3) is 2.77. The van der Waals surface area contributed by atoms with Crippen LogP contribution in [0.4, 0.5) is 5.69 Å². The Morgan fingerprint density at radius 2 is 1.57 bits per heavy atom. The van der Waals surface area contributed by atoms with E-state index >= 15 is 0 Å². The summed E-state index contributed by atoms with van der Waals surface area (Å²) < 4.78 is 0. The summed E-state index contributed by atoms with van der Waals surface area (Å²) >= 11 is 0. The van der Waals surface area contributed by atoms with E-state index in [2.05, 4.69) is 52.8 Å². The molecule has 2 N–H and O–H groups in total. The number of nitro benzene ring substituents is 1. The molecular weight excluding hydrogens is 350 g/mol. The Bertz CT molecular complexity index is 1150. The smallest absolute Gasteiger partial charge is 0.269 e. The summed E-state index contributed by atoms with van der Waals surface area (Å²) in [5.74, 6) is 0. The standard InChI is InChI=1S/C23H19N3O2/c27-26(28)17-12-10-16(11-13-17)22-23-19(18-8-4-5-9-20(18)24-23)14-21(25-22)15-6-2-1-3-7-15/h1-13,21-22,24-25H,14H2/t21-,22-/m0/s1. The Morgan fingerprint density at radius 1 is 0.857 bits per heavy atom. The van der Waals surface area contributed by atoms with Crippen LogP contribution in [0.25, 0.3) is 10.9 Å². The molecule has 0 bridgehead atoms. The lowest BCUT2D eigenvalue weighted by atomic mass is 9.87. The van der Waals surface area contributed by atoms with Gasteiger partial charge in [0.25, 0.3) is 5.69 Å². The van der Waals surface area contributed by atoms with Crippen LogP contribution in [0, 0.1) is 10.1 Å². The fourth-order valence-electron chi connectivity index (χ4n) is 4.19. The number of benzene rings is 3. The monoisotopic (exact) mass is 369 g/mol. The Morgan fingerprint density at radius 3 is 2.32 bits per heavy atom. The van der Waals surface area contributed by atoms with Gasteiger partial charge in [0.1, 0.15) is 0 Å².